The molecule has 4 unspecified atom stereocenters. The normalized spacial score (nSPS) is 16.1. The van der Waals surface area contributed by atoms with Crippen molar-refractivity contribution in [2.75, 3.05) is 0 Å². The molecular weight excluding hydrogens is 234 g/mol. The van der Waals surface area contributed by atoms with Gasteiger partial charge in [-0.15, -0.1) is 9.79 Å². The Balaban J connectivity index is 0. The van der Waals surface area contributed by atoms with Crippen LogP contribution in [0, 0.1) is 0 Å². The standard InChI is InChI=1S/C5H12O2.O5P2/c1-4(6)3-5(2)7;1-6(2)5-7(3)4/h4-7H,3H2,1-2H3;/p+2. The first-order chi connectivity index (χ1) is 6.25. The zero-order chi connectivity index (χ0) is 11.7. The van der Waals surface area contributed by atoms with Crippen molar-refractivity contribution in [1.82, 2.24) is 0 Å². The molecule has 0 spiro atoms. The lowest BCUT2D eigenvalue weighted by molar-refractivity contribution is 0.102. The van der Waals surface area contributed by atoms with Crippen molar-refractivity contribution < 1.29 is 33.4 Å². The average molecular weight is 248 g/mol. The molecule has 4 atom stereocenters. The number of rotatable bonds is 4. The van der Waals surface area contributed by atoms with Crippen LogP contribution in [0.2, 0.25) is 0 Å². The van der Waals surface area contributed by atoms with Crippen LogP contribution in [0.1, 0.15) is 20.3 Å². The summed E-state index contributed by atoms with van der Waals surface area (Å²) in [4.78, 5) is 15.3. The highest BCUT2D eigenvalue weighted by atomic mass is 31.2. The van der Waals surface area contributed by atoms with E-state index >= 15 is 0 Å². The smallest absolute Gasteiger partial charge is 0.393 e. The third kappa shape index (κ3) is 22.7. The average Bonchev–Trinajstić information content (AvgIpc) is 1.79. The first-order valence-electron chi connectivity index (χ1n) is 3.62. The van der Waals surface area contributed by atoms with Crippen LogP contribution in [-0.2, 0) is 13.4 Å². The summed E-state index contributed by atoms with van der Waals surface area (Å²) in [6, 6.07) is 0. The highest BCUT2D eigenvalue weighted by Gasteiger charge is 2.31. The number of hydrogen-bond donors (Lipinski definition) is 4. The Morgan fingerprint density at radius 2 is 1.36 bits per heavy atom. The zero-order valence-electron chi connectivity index (χ0n) is 7.77. The van der Waals surface area contributed by atoms with Crippen LogP contribution >= 0.6 is 16.5 Å². The molecule has 0 aromatic rings. The van der Waals surface area contributed by atoms with Crippen LogP contribution in [-0.4, -0.2) is 32.2 Å². The van der Waals surface area contributed by atoms with E-state index in [1.807, 2.05) is 0 Å². The van der Waals surface area contributed by atoms with Gasteiger partial charge in [0.1, 0.15) is 0 Å². The maximum absolute atomic E-state index is 9.39. The summed E-state index contributed by atoms with van der Waals surface area (Å²) in [6.07, 6.45) is -0.278. The fourth-order valence-electron chi connectivity index (χ4n) is 0.553. The molecule has 0 radical (unpaired) electrons. The molecule has 84 valence electrons. The summed E-state index contributed by atoms with van der Waals surface area (Å²) >= 11 is 0. The summed E-state index contributed by atoms with van der Waals surface area (Å²) in [5.41, 5.74) is 0. The molecule has 0 saturated carbocycles. The first-order valence-corrected chi connectivity index (χ1v) is 5.88. The van der Waals surface area contributed by atoms with E-state index in [9.17, 15) is 9.13 Å². The molecule has 7 nitrogen and oxygen atoms in total. The first kappa shape index (κ1) is 16.4. The van der Waals surface area contributed by atoms with E-state index in [2.05, 4.69) is 4.31 Å². The second-order valence-corrected chi connectivity index (χ2v) is 4.10. The van der Waals surface area contributed by atoms with Gasteiger partial charge in [-0.3, -0.25) is 0 Å². The molecule has 0 aliphatic heterocycles. The van der Waals surface area contributed by atoms with Gasteiger partial charge in [-0.2, -0.15) is 0 Å². The summed E-state index contributed by atoms with van der Waals surface area (Å²) in [6.45, 7) is 3.32. The van der Waals surface area contributed by atoms with Crippen molar-refractivity contribution in [2.24, 2.45) is 0 Å². The minimum absolute atomic E-state index is 0.375. The van der Waals surface area contributed by atoms with Gasteiger partial charge in [0.15, 0.2) is 4.31 Å². The fraction of sp³-hybridized carbons (Fsp3) is 1.00. The fourth-order valence-corrected chi connectivity index (χ4v) is 1.03. The summed E-state index contributed by atoms with van der Waals surface area (Å²) < 4.78 is 22.2. The number of aliphatic hydroxyl groups excluding tert-OH is 2. The molecule has 14 heavy (non-hydrogen) atoms. The lowest BCUT2D eigenvalue weighted by atomic mass is 10.2. The van der Waals surface area contributed by atoms with Gasteiger partial charge >= 0.3 is 16.5 Å². The second kappa shape index (κ2) is 9.55. The quantitative estimate of drug-likeness (QED) is 0.532. The Hall–Kier alpha value is -0.0000000000000000763. The van der Waals surface area contributed by atoms with Crippen LogP contribution < -0.4 is 0 Å². The van der Waals surface area contributed by atoms with Crippen molar-refractivity contribution in [3.8, 4) is 0 Å². The molecule has 0 fully saturated rings. The van der Waals surface area contributed by atoms with Crippen molar-refractivity contribution in [3.63, 3.8) is 0 Å². The topological polar surface area (TPSA) is 124 Å². The largest absolute Gasteiger partial charge is 0.745 e. The van der Waals surface area contributed by atoms with Crippen LogP contribution in [0.25, 0.3) is 0 Å². The molecule has 0 aromatic carbocycles. The summed E-state index contributed by atoms with van der Waals surface area (Å²) in [7, 11) is -5.85. The molecule has 0 aliphatic rings. The van der Waals surface area contributed by atoms with E-state index in [-0.39, 0.29) is 12.2 Å². The van der Waals surface area contributed by atoms with Crippen LogP contribution in [0.4, 0.5) is 0 Å². The SMILES string of the molecule is CC(O)CC(C)O.O=[P+](O)O[P+](=O)O. The number of hydrogen-bond acceptors (Lipinski definition) is 5. The lowest BCUT2D eigenvalue weighted by Gasteiger charge is -2.04. The number of aliphatic hydroxyl groups is 2. The molecular formula is C5H14O7P2+2. The van der Waals surface area contributed by atoms with Crippen molar-refractivity contribution in [1.29, 1.82) is 0 Å². The van der Waals surface area contributed by atoms with Gasteiger partial charge in [-0.1, -0.05) is 0 Å². The van der Waals surface area contributed by atoms with E-state index in [1.54, 1.807) is 13.8 Å². The Morgan fingerprint density at radius 1 is 1.07 bits per heavy atom. The Morgan fingerprint density at radius 3 is 1.36 bits per heavy atom. The molecule has 0 bridgehead atoms. The molecule has 0 aromatic heterocycles. The molecule has 9 heteroatoms. The van der Waals surface area contributed by atoms with Gasteiger partial charge in [0, 0.05) is 9.13 Å². The predicted molar refractivity (Wildman–Crippen MR) is 48.7 cm³/mol. The van der Waals surface area contributed by atoms with Gasteiger partial charge < -0.3 is 10.2 Å². The van der Waals surface area contributed by atoms with Crippen molar-refractivity contribution in [3.05, 3.63) is 0 Å². The maximum atomic E-state index is 9.39. The molecule has 0 rings (SSSR count). The highest BCUT2D eigenvalue weighted by Crippen LogP contribution is 2.30. The van der Waals surface area contributed by atoms with Crippen LogP contribution in [0.15, 0.2) is 0 Å². The molecule has 0 aliphatic carbocycles. The van der Waals surface area contributed by atoms with Gasteiger partial charge in [-0.25, -0.2) is 0 Å². The Labute approximate surface area is 83.3 Å². The molecule has 0 saturated heterocycles. The van der Waals surface area contributed by atoms with Crippen molar-refractivity contribution >= 4 is 16.5 Å². The van der Waals surface area contributed by atoms with Gasteiger partial charge in [0.2, 0.25) is 0 Å². The third-order valence-electron chi connectivity index (χ3n) is 0.822. The molecule has 0 heterocycles. The van der Waals surface area contributed by atoms with Crippen LogP contribution in [0.5, 0.6) is 0 Å². The lowest BCUT2D eigenvalue weighted by Crippen LogP contribution is -2.10. The summed E-state index contributed by atoms with van der Waals surface area (Å²) in [5.74, 6) is 0. The minimum atomic E-state index is -2.92. The van der Waals surface area contributed by atoms with Gasteiger partial charge in [-0.05, 0) is 20.3 Å². The van der Waals surface area contributed by atoms with E-state index in [0.29, 0.717) is 6.42 Å². The Bertz CT molecular complexity index is 163. The molecule has 4 N–H and O–H groups in total. The highest BCUT2D eigenvalue weighted by molar-refractivity contribution is 7.46. The monoisotopic (exact) mass is 248 g/mol. The van der Waals surface area contributed by atoms with Crippen LogP contribution in [0.3, 0.4) is 0 Å². The van der Waals surface area contributed by atoms with E-state index in [4.69, 9.17) is 20.0 Å². The van der Waals surface area contributed by atoms with E-state index in [0.717, 1.165) is 0 Å². The van der Waals surface area contributed by atoms with E-state index in [1.165, 1.54) is 0 Å². The minimum Gasteiger partial charge on any atom is -0.393 e. The van der Waals surface area contributed by atoms with E-state index < -0.39 is 16.5 Å². The molecule has 0 amide bonds. The second-order valence-electron chi connectivity index (χ2n) is 2.49. The predicted octanol–water partition coefficient (Wildman–Crippen LogP) is 0.440. The third-order valence-corrected chi connectivity index (χ3v) is 1.94. The van der Waals surface area contributed by atoms with Crippen molar-refractivity contribution in [2.45, 2.75) is 32.5 Å². The Kier molecular flexibility index (Phi) is 11.2. The van der Waals surface area contributed by atoms with Gasteiger partial charge in [0.25, 0.3) is 0 Å². The summed E-state index contributed by atoms with van der Waals surface area (Å²) in [5, 5.41) is 17.1. The maximum Gasteiger partial charge on any atom is 0.745 e. The van der Waals surface area contributed by atoms with Gasteiger partial charge in [0.05, 0.1) is 12.2 Å². The zero-order valence-corrected chi connectivity index (χ0v) is 9.56.